The number of rotatable bonds is 3. The molecule has 1 fully saturated rings. The maximum absolute atomic E-state index is 13.7. The molecule has 1 aliphatic heterocycles. The molecule has 24 heavy (non-hydrogen) atoms. The molecule has 130 valence electrons. The Morgan fingerprint density at radius 3 is 2.88 bits per heavy atom. The Balaban J connectivity index is 2.04. The minimum absolute atomic E-state index is 0.0123. The first-order valence-electron chi connectivity index (χ1n) is 8.18. The Labute approximate surface area is 141 Å². The van der Waals surface area contributed by atoms with Crippen LogP contribution in [0.3, 0.4) is 0 Å². The lowest BCUT2D eigenvalue weighted by Crippen LogP contribution is -2.50. The summed E-state index contributed by atoms with van der Waals surface area (Å²) in [5.41, 5.74) is 8.74. The highest BCUT2D eigenvalue weighted by atomic mass is 19.1. The Morgan fingerprint density at radius 1 is 1.46 bits per heavy atom. The van der Waals surface area contributed by atoms with Crippen molar-refractivity contribution in [2.75, 3.05) is 32.1 Å². The normalized spacial score (nSPS) is 21.3. The summed E-state index contributed by atoms with van der Waals surface area (Å²) >= 11 is 0. The number of aromatic nitrogens is 2. The maximum Gasteiger partial charge on any atom is 0.242 e. The van der Waals surface area contributed by atoms with Crippen LogP contribution in [-0.4, -0.2) is 59.8 Å². The number of nitrogens with zero attached hydrogens (tertiary/aromatic N) is 4. The van der Waals surface area contributed by atoms with E-state index < -0.39 is 12.2 Å². The number of amides is 1. The maximum atomic E-state index is 13.7. The number of hydrogen-bond donors (Lipinski definition) is 1. The van der Waals surface area contributed by atoms with Gasteiger partial charge in [-0.1, -0.05) is 6.07 Å². The van der Waals surface area contributed by atoms with Gasteiger partial charge in [0, 0.05) is 27.2 Å². The Kier molecular flexibility index (Phi) is 4.45. The number of carbonyl (C=O) groups excluding carboxylic acids is 1. The third kappa shape index (κ3) is 3.08. The van der Waals surface area contributed by atoms with Crippen molar-refractivity contribution in [3.05, 3.63) is 23.8 Å². The predicted molar refractivity (Wildman–Crippen MR) is 92.9 cm³/mol. The fourth-order valence-corrected chi connectivity index (χ4v) is 3.03. The summed E-state index contributed by atoms with van der Waals surface area (Å²) in [5.74, 6) is 0.676. The second-order valence-electron chi connectivity index (χ2n) is 6.69. The minimum atomic E-state index is -0.982. The van der Waals surface area contributed by atoms with E-state index in [1.807, 2.05) is 34.6 Å². The van der Waals surface area contributed by atoms with E-state index in [0.717, 1.165) is 16.6 Å². The van der Waals surface area contributed by atoms with Gasteiger partial charge in [0.1, 0.15) is 12.7 Å². The van der Waals surface area contributed by atoms with E-state index in [-0.39, 0.29) is 12.5 Å². The lowest BCUT2D eigenvalue weighted by molar-refractivity contribution is -0.129. The molecule has 6 nitrogen and oxygen atoms in total. The summed E-state index contributed by atoms with van der Waals surface area (Å²) in [5, 5.41) is 0. The van der Waals surface area contributed by atoms with Crippen molar-refractivity contribution in [1.29, 1.82) is 0 Å². The number of imidazole rings is 1. The van der Waals surface area contributed by atoms with E-state index in [9.17, 15) is 9.18 Å². The van der Waals surface area contributed by atoms with Gasteiger partial charge in [0.25, 0.3) is 0 Å². The second kappa shape index (κ2) is 6.39. The van der Waals surface area contributed by atoms with Crippen LogP contribution in [0.5, 0.6) is 0 Å². The van der Waals surface area contributed by atoms with Crippen molar-refractivity contribution >= 4 is 22.9 Å². The van der Waals surface area contributed by atoms with Crippen LogP contribution < -0.4 is 10.6 Å². The van der Waals surface area contributed by atoms with E-state index in [1.54, 1.807) is 19.0 Å². The van der Waals surface area contributed by atoms with Gasteiger partial charge in [-0.2, -0.15) is 0 Å². The first-order valence-corrected chi connectivity index (χ1v) is 8.18. The fraction of sp³-hybridized carbons (Fsp3) is 0.529. The van der Waals surface area contributed by atoms with Crippen molar-refractivity contribution in [2.45, 2.75) is 32.1 Å². The van der Waals surface area contributed by atoms with Gasteiger partial charge >= 0.3 is 0 Å². The van der Waals surface area contributed by atoms with E-state index >= 15 is 0 Å². The van der Waals surface area contributed by atoms with E-state index in [2.05, 4.69) is 4.98 Å². The Hall–Kier alpha value is -2.15. The molecule has 1 aromatic carbocycles. The number of anilines is 1. The summed E-state index contributed by atoms with van der Waals surface area (Å²) < 4.78 is 15.6. The van der Waals surface area contributed by atoms with Gasteiger partial charge in [-0.3, -0.25) is 4.79 Å². The molecule has 0 bridgehead atoms. The van der Waals surface area contributed by atoms with Crippen molar-refractivity contribution in [2.24, 2.45) is 5.73 Å². The summed E-state index contributed by atoms with van der Waals surface area (Å²) in [6.07, 6.45) is -0.602. The topological polar surface area (TPSA) is 67.4 Å². The van der Waals surface area contributed by atoms with E-state index in [1.165, 1.54) is 0 Å². The number of nitrogens with two attached hydrogens (primary N) is 1. The number of fused-ring (bicyclic) bond motifs is 1. The van der Waals surface area contributed by atoms with Gasteiger partial charge in [0.15, 0.2) is 0 Å². The van der Waals surface area contributed by atoms with Crippen LogP contribution in [0, 0.1) is 6.92 Å². The van der Waals surface area contributed by atoms with Crippen LogP contribution in [0.25, 0.3) is 11.0 Å². The third-order valence-electron chi connectivity index (χ3n) is 4.53. The number of piperidine rings is 1. The summed E-state index contributed by atoms with van der Waals surface area (Å²) in [6, 6.07) is 5.44. The zero-order valence-corrected chi connectivity index (χ0v) is 14.4. The van der Waals surface area contributed by atoms with Gasteiger partial charge in [-0.15, -0.1) is 0 Å². The van der Waals surface area contributed by atoms with Crippen LogP contribution in [0.4, 0.5) is 10.3 Å². The molecule has 2 atom stereocenters. The molecule has 1 amide bonds. The number of benzene rings is 1. The molecule has 3 rings (SSSR count). The molecule has 0 radical (unpaired) electrons. The van der Waals surface area contributed by atoms with Crippen molar-refractivity contribution < 1.29 is 9.18 Å². The van der Waals surface area contributed by atoms with Crippen LogP contribution in [-0.2, 0) is 11.3 Å². The number of halogens is 1. The van der Waals surface area contributed by atoms with Crippen molar-refractivity contribution in [3.8, 4) is 0 Å². The molecule has 0 unspecified atom stereocenters. The Morgan fingerprint density at radius 2 is 2.21 bits per heavy atom. The molecular weight excluding hydrogens is 309 g/mol. The zero-order chi connectivity index (χ0) is 17.4. The molecule has 0 saturated carbocycles. The van der Waals surface area contributed by atoms with Gasteiger partial charge in [-0.05, 0) is 31.0 Å². The van der Waals surface area contributed by atoms with Crippen LogP contribution in [0.15, 0.2) is 18.2 Å². The summed E-state index contributed by atoms with van der Waals surface area (Å²) in [4.78, 5) is 20.5. The third-order valence-corrected chi connectivity index (χ3v) is 4.53. The number of aryl methyl sites for hydroxylation is 1. The van der Waals surface area contributed by atoms with Gasteiger partial charge < -0.3 is 20.1 Å². The van der Waals surface area contributed by atoms with E-state index in [4.69, 9.17) is 5.73 Å². The van der Waals surface area contributed by atoms with Crippen LogP contribution in [0.1, 0.15) is 12.0 Å². The second-order valence-corrected chi connectivity index (χ2v) is 6.69. The first kappa shape index (κ1) is 16.7. The van der Waals surface area contributed by atoms with Crippen molar-refractivity contribution in [1.82, 2.24) is 14.5 Å². The highest BCUT2D eigenvalue weighted by Gasteiger charge is 2.29. The SMILES string of the molecule is Cc1ccc2nc(N3CC[C@@H](F)[C@H](N)C3)n(CC(=O)N(C)C)c2c1. The van der Waals surface area contributed by atoms with Gasteiger partial charge in [-0.25, -0.2) is 9.37 Å². The van der Waals surface area contributed by atoms with Gasteiger partial charge in [0.2, 0.25) is 11.9 Å². The lowest BCUT2D eigenvalue weighted by atomic mass is 10.1. The molecule has 7 heteroatoms. The standard InChI is InChI=1S/C17H24FN5O/c1-11-4-5-14-15(8-11)23(10-16(24)21(2)3)17(20-14)22-7-6-12(18)13(19)9-22/h4-5,8,12-13H,6-7,9-10,19H2,1-3H3/t12-,13-/m1/s1. The van der Waals surface area contributed by atoms with Gasteiger partial charge in [0.05, 0.1) is 17.1 Å². The zero-order valence-electron chi connectivity index (χ0n) is 14.4. The summed E-state index contributed by atoms with van der Waals surface area (Å²) in [6.45, 7) is 3.16. The molecule has 2 N–H and O–H groups in total. The molecule has 0 aliphatic carbocycles. The average Bonchev–Trinajstić information content (AvgIpc) is 2.88. The molecule has 1 saturated heterocycles. The predicted octanol–water partition coefficient (Wildman–Crippen LogP) is 1.31. The molecule has 2 aromatic rings. The Bertz CT molecular complexity index is 757. The molecule has 0 spiro atoms. The highest BCUT2D eigenvalue weighted by Crippen LogP contribution is 2.26. The summed E-state index contributed by atoms with van der Waals surface area (Å²) in [7, 11) is 3.47. The van der Waals surface area contributed by atoms with E-state index in [0.29, 0.717) is 25.5 Å². The molecule has 1 aliphatic rings. The number of carbonyl (C=O) groups is 1. The minimum Gasteiger partial charge on any atom is -0.347 e. The molecular formula is C17H24FN5O. The number of hydrogen-bond acceptors (Lipinski definition) is 4. The van der Waals surface area contributed by atoms with Crippen molar-refractivity contribution in [3.63, 3.8) is 0 Å². The lowest BCUT2D eigenvalue weighted by Gasteiger charge is -2.34. The average molecular weight is 333 g/mol. The largest absolute Gasteiger partial charge is 0.347 e. The monoisotopic (exact) mass is 333 g/mol. The molecule has 2 heterocycles. The fourth-order valence-electron chi connectivity index (χ4n) is 3.03. The van der Waals surface area contributed by atoms with Crippen LogP contribution in [0.2, 0.25) is 0 Å². The highest BCUT2D eigenvalue weighted by molar-refractivity contribution is 5.83. The number of alkyl halides is 1. The molecule has 1 aromatic heterocycles. The number of likely N-dealkylation sites (N-methyl/N-ethyl adjacent to an activating group) is 1. The smallest absolute Gasteiger partial charge is 0.242 e. The van der Waals surface area contributed by atoms with Crippen LogP contribution >= 0.6 is 0 Å². The quantitative estimate of drug-likeness (QED) is 0.920. The first-order chi connectivity index (χ1) is 11.4.